The lowest BCUT2D eigenvalue weighted by molar-refractivity contribution is -0.142. The van der Waals surface area contributed by atoms with E-state index < -0.39 is 35.1 Å². The van der Waals surface area contributed by atoms with Crippen LogP contribution in [0.2, 0.25) is 0 Å². The Morgan fingerprint density at radius 1 is 1.23 bits per heavy atom. The van der Waals surface area contributed by atoms with Gasteiger partial charge in [0.25, 0.3) is 5.91 Å². The summed E-state index contributed by atoms with van der Waals surface area (Å²) in [6, 6.07) is 3.85. The van der Waals surface area contributed by atoms with Gasteiger partial charge in [-0.1, -0.05) is 39.7 Å². The maximum Gasteiger partial charge on any atom is 0.319 e. The number of carbonyl (C=O) groups excluding carboxylic acids is 3. The van der Waals surface area contributed by atoms with Crippen molar-refractivity contribution in [2.75, 3.05) is 18.4 Å². The summed E-state index contributed by atoms with van der Waals surface area (Å²) in [7, 11) is 0. The number of hydroxylamine groups is 1. The molecule has 1 atom stereocenters. The lowest BCUT2D eigenvalue weighted by Gasteiger charge is -2.35. The van der Waals surface area contributed by atoms with E-state index in [1.165, 1.54) is 29.2 Å². The molecule has 4 N–H and O–H groups in total. The van der Waals surface area contributed by atoms with Crippen LogP contribution in [0.4, 0.5) is 14.9 Å². The molecule has 1 saturated carbocycles. The lowest BCUT2D eigenvalue weighted by Crippen LogP contribution is -2.57. The van der Waals surface area contributed by atoms with E-state index in [2.05, 4.69) is 10.6 Å². The highest BCUT2D eigenvalue weighted by atomic mass is 19.1. The van der Waals surface area contributed by atoms with E-state index in [1.807, 2.05) is 0 Å². The van der Waals surface area contributed by atoms with Crippen molar-refractivity contribution in [3.8, 4) is 0 Å². The van der Waals surface area contributed by atoms with Gasteiger partial charge in [0.15, 0.2) is 0 Å². The van der Waals surface area contributed by atoms with Gasteiger partial charge in [-0.05, 0) is 42.4 Å². The highest BCUT2D eigenvalue weighted by Gasteiger charge is 2.37. The molecule has 2 rings (SSSR count). The number of nitrogens with zero attached hydrogens (tertiary/aromatic N) is 1. The van der Waals surface area contributed by atoms with Gasteiger partial charge in [-0.2, -0.15) is 0 Å². The number of urea groups is 1. The van der Waals surface area contributed by atoms with E-state index in [9.17, 15) is 18.8 Å². The zero-order valence-corrected chi connectivity index (χ0v) is 17.7. The van der Waals surface area contributed by atoms with Crippen molar-refractivity contribution in [3.63, 3.8) is 0 Å². The van der Waals surface area contributed by atoms with E-state index in [0.717, 1.165) is 25.7 Å². The van der Waals surface area contributed by atoms with Gasteiger partial charge in [0, 0.05) is 12.2 Å². The molecular formula is C21H31FN4O4. The van der Waals surface area contributed by atoms with E-state index in [-0.39, 0.29) is 18.2 Å². The van der Waals surface area contributed by atoms with Crippen LogP contribution in [0, 0.1) is 17.2 Å². The minimum atomic E-state index is -0.932. The number of anilines is 1. The van der Waals surface area contributed by atoms with Crippen molar-refractivity contribution in [1.82, 2.24) is 15.7 Å². The quantitative estimate of drug-likeness (QED) is 0.400. The Morgan fingerprint density at radius 3 is 2.47 bits per heavy atom. The van der Waals surface area contributed by atoms with Crippen LogP contribution in [0.1, 0.15) is 46.5 Å². The van der Waals surface area contributed by atoms with Crippen molar-refractivity contribution in [1.29, 1.82) is 0 Å². The molecule has 0 aliphatic heterocycles. The maximum absolute atomic E-state index is 13.4. The number of amides is 4. The first kappa shape index (κ1) is 23.6. The van der Waals surface area contributed by atoms with Gasteiger partial charge in [0.05, 0.1) is 0 Å². The first-order chi connectivity index (χ1) is 14.1. The van der Waals surface area contributed by atoms with Gasteiger partial charge < -0.3 is 15.5 Å². The second kappa shape index (κ2) is 10.4. The Kier molecular flexibility index (Phi) is 8.16. The fraction of sp³-hybridized carbons (Fsp3) is 0.571. The molecule has 4 amide bonds. The van der Waals surface area contributed by atoms with Crippen molar-refractivity contribution < 1.29 is 24.0 Å². The molecule has 0 unspecified atom stereocenters. The Balaban J connectivity index is 2.15. The predicted octanol–water partition coefficient (Wildman–Crippen LogP) is 2.89. The van der Waals surface area contributed by atoms with E-state index in [1.54, 1.807) is 26.3 Å². The Labute approximate surface area is 176 Å². The molecule has 0 aromatic heterocycles. The molecule has 1 aromatic rings. The monoisotopic (exact) mass is 422 g/mol. The summed E-state index contributed by atoms with van der Waals surface area (Å²) in [5.41, 5.74) is 1.17. The minimum absolute atomic E-state index is 0.259. The second-order valence-electron chi connectivity index (χ2n) is 8.81. The number of halogens is 1. The number of nitrogens with one attached hydrogen (secondary N) is 3. The zero-order chi connectivity index (χ0) is 22.3. The van der Waals surface area contributed by atoms with Gasteiger partial charge >= 0.3 is 6.03 Å². The fourth-order valence-electron chi connectivity index (χ4n) is 3.64. The van der Waals surface area contributed by atoms with Crippen LogP contribution in [-0.4, -0.2) is 47.1 Å². The summed E-state index contributed by atoms with van der Waals surface area (Å²) >= 11 is 0. The van der Waals surface area contributed by atoms with Crippen molar-refractivity contribution in [3.05, 3.63) is 30.1 Å². The van der Waals surface area contributed by atoms with Gasteiger partial charge in [-0.25, -0.2) is 14.7 Å². The number of benzene rings is 1. The first-order valence-electron chi connectivity index (χ1n) is 10.1. The number of hydrogen-bond acceptors (Lipinski definition) is 4. The van der Waals surface area contributed by atoms with Crippen LogP contribution in [0.15, 0.2) is 24.3 Å². The third-order valence-electron chi connectivity index (χ3n) is 5.20. The molecule has 166 valence electrons. The molecule has 30 heavy (non-hydrogen) atoms. The average molecular weight is 423 g/mol. The highest BCUT2D eigenvalue weighted by molar-refractivity contribution is 5.95. The summed E-state index contributed by atoms with van der Waals surface area (Å²) in [5.74, 6) is -1.32. The second-order valence-corrected chi connectivity index (χ2v) is 8.81. The van der Waals surface area contributed by atoms with Crippen molar-refractivity contribution in [2.24, 2.45) is 11.3 Å². The summed E-state index contributed by atoms with van der Waals surface area (Å²) in [6.45, 7) is 5.49. The Morgan fingerprint density at radius 2 is 1.90 bits per heavy atom. The Hall–Kier alpha value is -2.68. The minimum Gasteiger partial charge on any atom is -0.331 e. The van der Waals surface area contributed by atoms with Crippen molar-refractivity contribution >= 4 is 23.5 Å². The molecule has 0 heterocycles. The predicted molar refractivity (Wildman–Crippen MR) is 110 cm³/mol. The standard InChI is InChI=1S/C21H31FN4O4/c1-21(2,3)18(24-20(29)23-16-10-6-9-15(22)11-16)19(28)26(13-17(27)25-30)12-14-7-4-5-8-14/h6,9-11,14,18,30H,4-5,7-8,12-13H2,1-3H3,(H,25,27)(H2,23,24,29)/t18-/m1/s1. The number of carbonyl (C=O) groups is 3. The first-order valence-corrected chi connectivity index (χ1v) is 10.1. The third kappa shape index (κ3) is 6.98. The van der Waals surface area contributed by atoms with Crippen LogP contribution in [0.3, 0.4) is 0 Å². The van der Waals surface area contributed by atoms with E-state index in [0.29, 0.717) is 6.54 Å². The van der Waals surface area contributed by atoms with E-state index in [4.69, 9.17) is 5.21 Å². The molecule has 0 radical (unpaired) electrons. The van der Waals surface area contributed by atoms with Gasteiger partial charge in [0.2, 0.25) is 5.91 Å². The van der Waals surface area contributed by atoms with E-state index >= 15 is 0 Å². The van der Waals surface area contributed by atoms with Crippen LogP contribution < -0.4 is 16.1 Å². The topological polar surface area (TPSA) is 111 Å². The summed E-state index contributed by atoms with van der Waals surface area (Å²) in [5, 5.41) is 14.1. The molecule has 0 spiro atoms. The van der Waals surface area contributed by atoms with Crippen LogP contribution >= 0.6 is 0 Å². The molecule has 1 fully saturated rings. The fourth-order valence-corrected chi connectivity index (χ4v) is 3.64. The molecule has 0 saturated heterocycles. The molecule has 1 aliphatic rings. The molecule has 8 nitrogen and oxygen atoms in total. The van der Waals surface area contributed by atoms with Crippen LogP contribution in [0.5, 0.6) is 0 Å². The average Bonchev–Trinajstić information content (AvgIpc) is 3.17. The lowest BCUT2D eigenvalue weighted by atomic mass is 9.85. The van der Waals surface area contributed by atoms with Gasteiger partial charge in [-0.3, -0.25) is 14.8 Å². The smallest absolute Gasteiger partial charge is 0.319 e. The molecule has 1 aliphatic carbocycles. The summed E-state index contributed by atoms with van der Waals surface area (Å²) < 4.78 is 13.4. The van der Waals surface area contributed by atoms with Crippen LogP contribution in [-0.2, 0) is 9.59 Å². The molecular weight excluding hydrogens is 391 g/mol. The van der Waals surface area contributed by atoms with Crippen LogP contribution in [0.25, 0.3) is 0 Å². The number of rotatable bonds is 7. The normalized spacial score (nSPS) is 15.4. The SMILES string of the molecule is CC(C)(C)[C@H](NC(=O)Nc1cccc(F)c1)C(=O)N(CC(=O)NO)CC1CCCC1. The van der Waals surface area contributed by atoms with Gasteiger partial charge in [0.1, 0.15) is 18.4 Å². The molecule has 0 bridgehead atoms. The number of hydrogen-bond donors (Lipinski definition) is 4. The largest absolute Gasteiger partial charge is 0.331 e. The summed E-state index contributed by atoms with van der Waals surface area (Å²) in [6.07, 6.45) is 4.10. The summed E-state index contributed by atoms with van der Waals surface area (Å²) in [4.78, 5) is 39.0. The third-order valence-corrected chi connectivity index (χ3v) is 5.20. The van der Waals surface area contributed by atoms with Crippen molar-refractivity contribution in [2.45, 2.75) is 52.5 Å². The molecule has 1 aromatic carbocycles. The highest BCUT2D eigenvalue weighted by Crippen LogP contribution is 2.27. The molecule has 9 heteroatoms. The maximum atomic E-state index is 13.4. The van der Waals surface area contributed by atoms with Gasteiger partial charge in [-0.15, -0.1) is 0 Å². The Bertz CT molecular complexity index is 760. The zero-order valence-electron chi connectivity index (χ0n) is 17.7.